The lowest BCUT2D eigenvalue weighted by atomic mass is 9.40. The molecule has 0 bridgehead atoms. The molecule has 0 amide bonds. The van der Waals surface area contributed by atoms with Crippen LogP contribution in [0.1, 0.15) is 58.8 Å². The lowest BCUT2D eigenvalue weighted by Crippen LogP contribution is -2.76. The molecule has 2 heterocycles. The highest BCUT2D eigenvalue weighted by atomic mass is 16.7. The highest BCUT2D eigenvalue weighted by Gasteiger charge is 2.75. The van der Waals surface area contributed by atoms with Gasteiger partial charge in [0.1, 0.15) is 24.9 Å². The molecule has 8 N–H and O–H groups in total. The minimum atomic E-state index is -1.67. The molecule has 5 fully saturated rings. The van der Waals surface area contributed by atoms with Crippen LogP contribution in [0.2, 0.25) is 0 Å². The lowest BCUT2D eigenvalue weighted by Gasteiger charge is -2.68. The van der Waals surface area contributed by atoms with Gasteiger partial charge in [-0.3, -0.25) is 0 Å². The van der Waals surface area contributed by atoms with E-state index in [-0.39, 0.29) is 38.2 Å². The fourth-order valence-electron chi connectivity index (χ4n) is 10.1. The number of rotatable bonds is 4. The largest absolute Gasteiger partial charge is 0.458 e. The zero-order chi connectivity index (χ0) is 29.7. The van der Waals surface area contributed by atoms with E-state index in [9.17, 15) is 45.6 Å². The zero-order valence-corrected chi connectivity index (χ0v) is 23.5. The Labute approximate surface area is 238 Å². The number of aliphatic hydroxyl groups is 8. The van der Waals surface area contributed by atoms with Crippen LogP contribution in [0.25, 0.3) is 0 Å². The van der Waals surface area contributed by atoms with Crippen molar-refractivity contribution >= 4 is 5.97 Å². The molecule has 12 nitrogen and oxygen atoms in total. The number of esters is 1. The smallest absolute Gasteiger partial charge is 0.331 e. The second-order valence-electron chi connectivity index (χ2n) is 13.8. The van der Waals surface area contributed by atoms with Gasteiger partial charge in [-0.2, -0.15) is 0 Å². The van der Waals surface area contributed by atoms with Gasteiger partial charge in [0.25, 0.3) is 0 Å². The second-order valence-corrected chi connectivity index (χ2v) is 13.8. The maximum absolute atomic E-state index is 12.4. The predicted octanol–water partition coefficient (Wildman–Crippen LogP) is -1.51. The number of carbonyl (C=O) groups is 1. The standard InChI is InChI=1S/C29H44O12/c1-13-22(34)23(35)24(36)25(40-13)41-15-8-19(32)28(12-30)21-17(3-5-27(28,37)9-15)29(38)6-4-16(14-7-20(33)39-11-14)26(29,2)10-18(21)31/h7,13,15-19,21-25,30-32,34-38H,3-6,8-12H2,1-2H3/t13?,15-,16+,17?,18?,19+,21?,22-,23?,24?,25+,26+,27-,28+,29-/m0/s1. The van der Waals surface area contributed by atoms with E-state index in [1.807, 2.05) is 6.92 Å². The molecule has 232 valence electrons. The first-order valence-corrected chi connectivity index (χ1v) is 14.9. The van der Waals surface area contributed by atoms with Crippen molar-refractivity contribution in [1.82, 2.24) is 0 Å². The van der Waals surface area contributed by atoms with Gasteiger partial charge in [0, 0.05) is 30.3 Å². The molecule has 2 aliphatic heterocycles. The summed E-state index contributed by atoms with van der Waals surface area (Å²) in [4.78, 5) is 11.8. The second kappa shape index (κ2) is 9.91. The first kappa shape index (κ1) is 29.9. The van der Waals surface area contributed by atoms with Crippen LogP contribution in [0.5, 0.6) is 0 Å². The Morgan fingerprint density at radius 3 is 2.41 bits per heavy atom. The monoisotopic (exact) mass is 584 g/mol. The van der Waals surface area contributed by atoms with E-state index in [0.29, 0.717) is 19.3 Å². The zero-order valence-electron chi connectivity index (χ0n) is 23.5. The molecule has 0 spiro atoms. The van der Waals surface area contributed by atoms with Crippen LogP contribution >= 0.6 is 0 Å². The van der Waals surface area contributed by atoms with Gasteiger partial charge in [-0.15, -0.1) is 0 Å². The van der Waals surface area contributed by atoms with Crippen LogP contribution < -0.4 is 0 Å². The van der Waals surface area contributed by atoms with E-state index < -0.39 is 95.5 Å². The molecule has 0 aromatic heterocycles. The summed E-state index contributed by atoms with van der Waals surface area (Å²) < 4.78 is 16.7. The summed E-state index contributed by atoms with van der Waals surface area (Å²) in [5.41, 5.74) is -4.46. The molecule has 0 radical (unpaired) electrons. The Morgan fingerprint density at radius 2 is 1.76 bits per heavy atom. The van der Waals surface area contributed by atoms with E-state index in [1.165, 1.54) is 13.0 Å². The normalized spacial score (nSPS) is 56.9. The van der Waals surface area contributed by atoms with E-state index >= 15 is 0 Å². The first-order valence-electron chi connectivity index (χ1n) is 14.9. The number of fused-ring (bicyclic) bond motifs is 5. The van der Waals surface area contributed by atoms with Crippen LogP contribution in [0.15, 0.2) is 11.6 Å². The summed E-state index contributed by atoms with van der Waals surface area (Å²) >= 11 is 0. The van der Waals surface area contributed by atoms with Gasteiger partial charge in [-0.1, -0.05) is 6.92 Å². The number of aliphatic hydroxyl groups excluding tert-OH is 6. The Kier molecular flexibility index (Phi) is 7.22. The molecule has 1 saturated heterocycles. The first-order chi connectivity index (χ1) is 19.2. The van der Waals surface area contributed by atoms with Crippen LogP contribution in [-0.2, 0) is 19.0 Å². The average molecular weight is 585 g/mol. The van der Waals surface area contributed by atoms with Crippen molar-refractivity contribution in [2.45, 2.75) is 119 Å². The number of cyclic esters (lactones) is 1. The molecule has 0 aromatic carbocycles. The minimum absolute atomic E-state index is 0.0369. The molecule has 6 rings (SSSR count). The van der Waals surface area contributed by atoms with Crippen molar-refractivity contribution in [3.63, 3.8) is 0 Å². The molecule has 6 aliphatic rings. The van der Waals surface area contributed by atoms with Crippen LogP contribution in [-0.4, -0.2) is 120 Å². The van der Waals surface area contributed by atoms with Crippen LogP contribution in [0.3, 0.4) is 0 Å². The summed E-state index contributed by atoms with van der Waals surface area (Å²) in [6.07, 6.45) is -6.68. The quantitative estimate of drug-likeness (QED) is 0.140. The van der Waals surface area contributed by atoms with Crippen molar-refractivity contribution in [3.8, 4) is 0 Å². The maximum atomic E-state index is 12.4. The van der Waals surface area contributed by atoms with Gasteiger partial charge >= 0.3 is 5.97 Å². The molecule has 4 saturated carbocycles. The summed E-state index contributed by atoms with van der Waals surface area (Å²) in [5.74, 6) is -1.93. The van der Waals surface area contributed by atoms with Crippen LogP contribution in [0.4, 0.5) is 0 Å². The van der Waals surface area contributed by atoms with Crippen LogP contribution in [0, 0.1) is 28.6 Å². The molecule has 0 aromatic rings. The van der Waals surface area contributed by atoms with Crippen molar-refractivity contribution < 1.29 is 59.9 Å². The predicted molar refractivity (Wildman–Crippen MR) is 139 cm³/mol. The Hall–Kier alpha value is -1.19. The number of ether oxygens (including phenoxy) is 3. The van der Waals surface area contributed by atoms with E-state index in [1.54, 1.807) is 0 Å². The van der Waals surface area contributed by atoms with Gasteiger partial charge in [0.15, 0.2) is 6.29 Å². The Balaban J connectivity index is 1.28. The van der Waals surface area contributed by atoms with E-state index in [4.69, 9.17) is 14.2 Å². The molecule has 12 heteroatoms. The maximum Gasteiger partial charge on any atom is 0.331 e. The fourth-order valence-corrected chi connectivity index (χ4v) is 10.1. The highest BCUT2D eigenvalue weighted by molar-refractivity contribution is 5.85. The number of hydrogen-bond donors (Lipinski definition) is 8. The third kappa shape index (κ3) is 3.99. The fraction of sp³-hybridized carbons (Fsp3) is 0.897. The Morgan fingerprint density at radius 1 is 1.02 bits per heavy atom. The number of carbonyl (C=O) groups excluding carboxylic acids is 1. The highest BCUT2D eigenvalue weighted by Crippen LogP contribution is 2.70. The average Bonchev–Trinajstić information content (AvgIpc) is 3.45. The third-order valence-electron chi connectivity index (χ3n) is 12.2. The summed E-state index contributed by atoms with van der Waals surface area (Å²) in [7, 11) is 0. The van der Waals surface area contributed by atoms with Crippen molar-refractivity contribution in [2.24, 2.45) is 28.6 Å². The van der Waals surface area contributed by atoms with E-state index in [2.05, 4.69) is 0 Å². The van der Waals surface area contributed by atoms with Gasteiger partial charge < -0.3 is 55.1 Å². The van der Waals surface area contributed by atoms with Crippen molar-refractivity contribution in [2.75, 3.05) is 13.2 Å². The number of hydrogen-bond acceptors (Lipinski definition) is 12. The Bertz CT molecular complexity index is 1080. The topological polar surface area (TPSA) is 207 Å². The van der Waals surface area contributed by atoms with Crippen molar-refractivity contribution in [3.05, 3.63) is 11.6 Å². The molecule has 15 atom stereocenters. The molecule has 4 aliphatic carbocycles. The molecule has 6 unspecified atom stereocenters. The summed E-state index contributed by atoms with van der Waals surface area (Å²) in [5, 5.41) is 89.6. The van der Waals surface area contributed by atoms with Gasteiger partial charge in [-0.25, -0.2) is 4.79 Å². The van der Waals surface area contributed by atoms with Gasteiger partial charge in [0.05, 0.1) is 47.6 Å². The van der Waals surface area contributed by atoms with E-state index in [0.717, 1.165) is 5.57 Å². The van der Waals surface area contributed by atoms with Gasteiger partial charge in [0.2, 0.25) is 0 Å². The van der Waals surface area contributed by atoms with Gasteiger partial charge in [-0.05, 0) is 56.4 Å². The SMILES string of the molecule is CC1O[C@H](O[C@H]2C[C@@H](O)[C@]3(CO)C4C(O)C[C@]5(C)[C@@H](C6=CC(=O)OC6)CC[C@]5(O)C4CC[C@]3(O)C2)C(O)C(O)[C@H]1O. The summed E-state index contributed by atoms with van der Waals surface area (Å²) in [6.45, 7) is 3.00. The lowest BCUT2D eigenvalue weighted by molar-refractivity contribution is -0.342. The third-order valence-corrected chi connectivity index (χ3v) is 12.2. The molecular formula is C29H44O12. The summed E-state index contributed by atoms with van der Waals surface area (Å²) in [6, 6.07) is 0. The molecular weight excluding hydrogens is 540 g/mol. The van der Waals surface area contributed by atoms with Crippen molar-refractivity contribution in [1.29, 1.82) is 0 Å². The molecule has 41 heavy (non-hydrogen) atoms. The minimum Gasteiger partial charge on any atom is -0.458 e.